The lowest BCUT2D eigenvalue weighted by Crippen LogP contribution is -2.44. The second-order valence-corrected chi connectivity index (χ2v) is 4.65. The summed E-state index contributed by atoms with van der Waals surface area (Å²) < 4.78 is 0. The molecule has 1 N–H and O–H groups in total. The van der Waals surface area contributed by atoms with Crippen LogP contribution in [0.1, 0.15) is 12.0 Å². The summed E-state index contributed by atoms with van der Waals surface area (Å²) in [5.74, 6) is -0.191. The molecule has 5 heteroatoms. The molecule has 0 spiro atoms. The number of anilines is 1. The van der Waals surface area contributed by atoms with E-state index in [2.05, 4.69) is 0 Å². The van der Waals surface area contributed by atoms with Gasteiger partial charge in [0.25, 0.3) is 0 Å². The van der Waals surface area contributed by atoms with Gasteiger partial charge in [-0.1, -0.05) is 18.2 Å². The Morgan fingerprint density at radius 3 is 2.84 bits per heavy atom. The number of amides is 2. The summed E-state index contributed by atoms with van der Waals surface area (Å²) in [5.41, 5.74) is 1.92. The smallest absolute Gasteiger partial charge is 0.242 e. The summed E-state index contributed by atoms with van der Waals surface area (Å²) in [5, 5.41) is 8.83. The molecule has 0 unspecified atom stereocenters. The van der Waals surface area contributed by atoms with Crippen LogP contribution in [-0.2, 0) is 16.0 Å². The average molecular weight is 262 g/mol. The fourth-order valence-electron chi connectivity index (χ4n) is 2.20. The maximum Gasteiger partial charge on any atom is 0.242 e. The number of fused-ring (bicyclic) bond motifs is 1. The minimum absolute atomic E-state index is 0.0237. The van der Waals surface area contributed by atoms with E-state index in [1.807, 2.05) is 24.3 Å². The number of carbonyl (C=O) groups excluding carboxylic acids is 2. The number of rotatable bonds is 4. The molecule has 1 aliphatic heterocycles. The highest BCUT2D eigenvalue weighted by atomic mass is 16.3. The van der Waals surface area contributed by atoms with Crippen LogP contribution in [0, 0.1) is 0 Å². The van der Waals surface area contributed by atoms with E-state index in [1.54, 1.807) is 7.05 Å². The monoisotopic (exact) mass is 262 g/mol. The molecule has 2 amide bonds. The SMILES string of the molecule is CN(CCO)C(=O)CN1C(=O)CCc2ccccc21. The first-order valence-electron chi connectivity index (χ1n) is 6.36. The van der Waals surface area contributed by atoms with Crippen molar-refractivity contribution in [1.82, 2.24) is 4.90 Å². The molecule has 5 nitrogen and oxygen atoms in total. The number of hydrogen-bond acceptors (Lipinski definition) is 3. The Morgan fingerprint density at radius 1 is 1.37 bits per heavy atom. The standard InChI is InChI=1S/C14H18N2O3/c1-15(8-9-17)14(19)10-16-12-5-3-2-4-11(12)6-7-13(16)18/h2-5,17H,6-10H2,1H3. The summed E-state index contributed by atoms with van der Waals surface area (Å²) in [7, 11) is 1.62. The number of nitrogens with zero attached hydrogens (tertiary/aromatic N) is 2. The van der Waals surface area contributed by atoms with Gasteiger partial charge in [-0.25, -0.2) is 0 Å². The minimum Gasteiger partial charge on any atom is -0.395 e. The van der Waals surface area contributed by atoms with Gasteiger partial charge in [-0.3, -0.25) is 9.59 Å². The Balaban J connectivity index is 2.15. The topological polar surface area (TPSA) is 60.9 Å². The molecule has 0 aliphatic carbocycles. The third kappa shape index (κ3) is 2.93. The van der Waals surface area contributed by atoms with Gasteiger partial charge in [-0.2, -0.15) is 0 Å². The third-order valence-electron chi connectivity index (χ3n) is 3.35. The molecule has 1 aromatic carbocycles. The average Bonchev–Trinajstić information content (AvgIpc) is 2.42. The molecular weight excluding hydrogens is 244 g/mol. The highest BCUT2D eigenvalue weighted by molar-refractivity contribution is 6.00. The van der Waals surface area contributed by atoms with E-state index in [9.17, 15) is 9.59 Å². The Bertz CT molecular complexity index is 487. The number of aryl methyl sites for hydroxylation is 1. The fraction of sp³-hybridized carbons (Fsp3) is 0.429. The van der Waals surface area contributed by atoms with Gasteiger partial charge in [0.1, 0.15) is 6.54 Å². The van der Waals surface area contributed by atoms with Gasteiger partial charge in [0.2, 0.25) is 11.8 Å². The number of aliphatic hydroxyl groups is 1. The van der Waals surface area contributed by atoms with Gasteiger partial charge in [0.15, 0.2) is 0 Å². The number of aliphatic hydroxyl groups excluding tert-OH is 1. The van der Waals surface area contributed by atoms with Crippen molar-refractivity contribution in [1.29, 1.82) is 0 Å². The van der Waals surface area contributed by atoms with E-state index in [4.69, 9.17) is 5.11 Å². The third-order valence-corrected chi connectivity index (χ3v) is 3.35. The van der Waals surface area contributed by atoms with E-state index >= 15 is 0 Å². The maximum absolute atomic E-state index is 12.0. The van der Waals surface area contributed by atoms with Gasteiger partial charge >= 0.3 is 0 Å². The van der Waals surface area contributed by atoms with E-state index in [-0.39, 0.29) is 31.5 Å². The molecule has 0 saturated carbocycles. The number of para-hydroxylation sites is 1. The van der Waals surface area contributed by atoms with E-state index < -0.39 is 0 Å². The van der Waals surface area contributed by atoms with Crippen molar-refractivity contribution in [2.24, 2.45) is 0 Å². The Kier molecular flexibility index (Phi) is 4.16. The lowest BCUT2D eigenvalue weighted by atomic mass is 10.0. The van der Waals surface area contributed by atoms with E-state index in [1.165, 1.54) is 9.80 Å². The number of hydrogen-bond donors (Lipinski definition) is 1. The predicted molar refractivity (Wildman–Crippen MR) is 71.8 cm³/mol. The molecule has 19 heavy (non-hydrogen) atoms. The van der Waals surface area contributed by atoms with Crippen LogP contribution in [0.3, 0.4) is 0 Å². The molecule has 0 saturated heterocycles. The summed E-state index contributed by atoms with van der Waals surface area (Å²) in [6.07, 6.45) is 1.17. The summed E-state index contributed by atoms with van der Waals surface area (Å²) in [6.45, 7) is 0.238. The first-order chi connectivity index (χ1) is 9.13. The van der Waals surface area contributed by atoms with Crippen LogP contribution >= 0.6 is 0 Å². The molecule has 0 fully saturated rings. The zero-order chi connectivity index (χ0) is 13.8. The molecule has 102 valence electrons. The lowest BCUT2D eigenvalue weighted by Gasteiger charge is -2.30. The summed E-state index contributed by atoms with van der Waals surface area (Å²) in [6, 6.07) is 7.65. The van der Waals surface area contributed by atoms with Gasteiger partial charge in [0.05, 0.1) is 6.61 Å². The van der Waals surface area contributed by atoms with Crippen molar-refractivity contribution in [3.8, 4) is 0 Å². The molecule has 0 atom stereocenters. The zero-order valence-electron chi connectivity index (χ0n) is 11.0. The number of likely N-dealkylation sites (N-methyl/N-ethyl adjacent to an activating group) is 1. The lowest BCUT2D eigenvalue weighted by molar-refractivity contribution is -0.130. The molecule has 0 bridgehead atoms. The van der Waals surface area contributed by atoms with Gasteiger partial charge in [-0.05, 0) is 18.1 Å². The molecular formula is C14H18N2O3. The molecule has 0 aromatic heterocycles. The maximum atomic E-state index is 12.0. The van der Waals surface area contributed by atoms with Crippen LogP contribution in [0.4, 0.5) is 5.69 Å². The fourth-order valence-corrected chi connectivity index (χ4v) is 2.20. The Labute approximate surface area is 112 Å². The summed E-state index contributed by atoms with van der Waals surface area (Å²) >= 11 is 0. The molecule has 0 radical (unpaired) electrons. The van der Waals surface area contributed by atoms with Crippen molar-refractivity contribution in [3.05, 3.63) is 29.8 Å². The quantitative estimate of drug-likeness (QED) is 0.855. The van der Waals surface area contributed by atoms with Crippen LogP contribution in [0.2, 0.25) is 0 Å². The van der Waals surface area contributed by atoms with Crippen LogP contribution in [0.25, 0.3) is 0 Å². The van der Waals surface area contributed by atoms with Gasteiger partial charge in [-0.15, -0.1) is 0 Å². The van der Waals surface area contributed by atoms with Crippen molar-refractivity contribution in [2.45, 2.75) is 12.8 Å². The molecule has 1 aliphatic rings. The zero-order valence-corrected chi connectivity index (χ0v) is 11.0. The second kappa shape index (κ2) is 5.84. The Hall–Kier alpha value is -1.88. The van der Waals surface area contributed by atoms with Crippen molar-refractivity contribution < 1.29 is 14.7 Å². The van der Waals surface area contributed by atoms with Crippen molar-refractivity contribution >= 4 is 17.5 Å². The molecule has 1 aromatic rings. The molecule has 1 heterocycles. The largest absolute Gasteiger partial charge is 0.395 e. The van der Waals surface area contributed by atoms with Crippen LogP contribution in [0.15, 0.2) is 24.3 Å². The predicted octanol–water partition coefficient (Wildman–Crippen LogP) is 0.417. The number of benzene rings is 1. The van der Waals surface area contributed by atoms with Crippen LogP contribution in [0.5, 0.6) is 0 Å². The summed E-state index contributed by atoms with van der Waals surface area (Å²) in [4.78, 5) is 26.9. The Morgan fingerprint density at radius 2 is 2.11 bits per heavy atom. The first kappa shape index (κ1) is 13.5. The van der Waals surface area contributed by atoms with Crippen molar-refractivity contribution in [3.63, 3.8) is 0 Å². The van der Waals surface area contributed by atoms with Gasteiger partial charge < -0.3 is 14.9 Å². The van der Waals surface area contributed by atoms with Gasteiger partial charge in [0, 0.05) is 25.7 Å². The molecule has 2 rings (SSSR count). The highest BCUT2D eigenvalue weighted by Crippen LogP contribution is 2.27. The highest BCUT2D eigenvalue weighted by Gasteiger charge is 2.26. The first-order valence-corrected chi connectivity index (χ1v) is 6.36. The number of carbonyl (C=O) groups is 2. The van der Waals surface area contributed by atoms with Crippen molar-refractivity contribution in [2.75, 3.05) is 31.6 Å². The van der Waals surface area contributed by atoms with E-state index in [0.717, 1.165) is 17.7 Å². The van der Waals surface area contributed by atoms with Crippen LogP contribution < -0.4 is 4.90 Å². The van der Waals surface area contributed by atoms with E-state index in [0.29, 0.717) is 6.42 Å². The second-order valence-electron chi connectivity index (χ2n) is 4.65. The normalized spacial score (nSPS) is 14.2. The van der Waals surface area contributed by atoms with Crippen LogP contribution in [-0.4, -0.2) is 48.6 Å². The minimum atomic E-state index is -0.167.